The van der Waals surface area contributed by atoms with E-state index >= 15 is 0 Å². The molecule has 2 aromatic rings. The summed E-state index contributed by atoms with van der Waals surface area (Å²) in [4.78, 5) is 16.1. The first-order chi connectivity index (χ1) is 11.0. The van der Waals surface area contributed by atoms with Gasteiger partial charge in [-0.1, -0.05) is 25.2 Å². The lowest BCUT2D eigenvalue weighted by atomic mass is 10.2. The highest BCUT2D eigenvalue weighted by atomic mass is 32.1. The summed E-state index contributed by atoms with van der Waals surface area (Å²) in [5, 5.41) is 8.42. The molecule has 0 bridgehead atoms. The summed E-state index contributed by atoms with van der Waals surface area (Å²) in [6, 6.07) is 0. The monoisotopic (exact) mass is 340 g/mol. The molecule has 128 valence electrons. The summed E-state index contributed by atoms with van der Waals surface area (Å²) in [5.74, 6) is 1.12. The maximum Gasteiger partial charge on any atom is 0.266 e. The molecule has 23 heavy (non-hydrogen) atoms. The van der Waals surface area contributed by atoms with Crippen molar-refractivity contribution in [2.24, 2.45) is 0 Å². The number of ether oxygens (including phenoxy) is 2. The summed E-state index contributed by atoms with van der Waals surface area (Å²) in [7, 11) is 3.26. The molecule has 0 aliphatic rings. The maximum atomic E-state index is 12.9. The number of rotatable bonds is 8. The van der Waals surface area contributed by atoms with Crippen molar-refractivity contribution in [3.8, 4) is 0 Å². The fourth-order valence-corrected chi connectivity index (χ4v) is 3.40. The predicted molar refractivity (Wildman–Crippen MR) is 89.3 cm³/mol. The second kappa shape index (κ2) is 7.85. The number of hydrogen-bond acceptors (Lipinski definition) is 6. The molecule has 0 atom stereocenters. The van der Waals surface area contributed by atoms with Crippen LogP contribution in [0.4, 0.5) is 0 Å². The topological polar surface area (TPSA) is 69.0 Å². The Morgan fingerprint density at radius 3 is 2.35 bits per heavy atom. The molecule has 0 saturated heterocycles. The largest absolute Gasteiger partial charge is 0.383 e. The van der Waals surface area contributed by atoms with Crippen LogP contribution in [0.2, 0.25) is 0 Å². The Bertz CT molecular complexity index is 657. The normalized spacial score (nSPS) is 11.6. The maximum absolute atomic E-state index is 12.9. The molecule has 0 aliphatic carbocycles. The summed E-state index contributed by atoms with van der Waals surface area (Å²) in [5.41, 5.74) is 0.892. The van der Waals surface area contributed by atoms with Crippen molar-refractivity contribution in [3.63, 3.8) is 0 Å². The van der Waals surface area contributed by atoms with E-state index in [-0.39, 0.29) is 11.8 Å². The Hall–Kier alpha value is -1.51. The third-order valence-corrected chi connectivity index (χ3v) is 4.77. The molecular weight excluding hydrogens is 316 g/mol. The Morgan fingerprint density at radius 1 is 1.22 bits per heavy atom. The lowest BCUT2D eigenvalue weighted by Gasteiger charge is -2.21. The van der Waals surface area contributed by atoms with Crippen LogP contribution in [-0.4, -0.2) is 65.9 Å². The second-order valence-corrected chi connectivity index (χ2v) is 6.60. The quantitative estimate of drug-likeness (QED) is 0.735. The summed E-state index contributed by atoms with van der Waals surface area (Å²) < 4.78 is 12.2. The second-order valence-electron chi connectivity index (χ2n) is 5.63. The Balaban J connectivity index is 2.32. The average molecular weight is 340 g/mol. The van der Waals surface area contributed by atoms with E-state index in [4.69, 9.17) is 9.47 Å². The van der Waals surface area contributed by atoms with Gasteiger partial charge in [0.1, 0.15) is 10.7 Å². The molecule has 0 spiro atoms. The van der Waals surface area contributed by atoms with Crippen LogP contribution >= 0.6 is 11.3 Å². The van der Waals surface area contributed by atoms with Crippen molar-refractivity contribution in [3.05, 3.63) is 16.4 Å². The van der Waals surface area contributed by atoms with Crippen LogP contribution < -0.4 is 0 Å². The van der Waals surface area contributed by atoms with E-state index in [2.05, 4.69) is 24.0 Å². The predicted octanol–water partition coefficient (Wildman–Crippen LogP) is 1.96. The van der Waals surface area contributed by atoms with Gasteiger partial charge in [-0.25, -0.2) is 0 Å². The smallest absolute Gasteiger partial charge is 0.266 e. The molecule has 7 nitrogen and oxygen atoms in total. The minimum atomic E-state index is -0.0122. The Morgan fingerprint density at radius 2 is 1.83 bits per heavy atom. The molecule has 2 heterocycles. The highest BCUT2D eigenvalue weighted by Gasteiger charge is 2.24. The molecule has 0 saturated carbocycles. The number of amides is 1. The number of aromatic nitrogens is 3. The number of thiazole rings is 1. The summed E-state index contributed by atoms with van der Waals surface area (Å²) in [6.45, 7) is 8.14. The molecule has 0 aromatic carbocycles. The van der Waals surface area contributed by atoms with Gasteiger partial charge in [-0.05, 0) is 6.92 Å². The molecule has 0 N–H and O–H groups in total. The number of aryl methyl sites for hydroxylation is 1. The van der Waals surface area contributed by atoms with Crippen LogP contribution in [0.25, 0.3) is 4.96 Å². The highest BCUT2D eigenvalue weighted by Crippen LogP contribution is 2.26. The Kier molecular flexibility index (Phi) is 6.09. The van der Waals surface area contributed by atoms with Gasteiger partial charge in [-0.15, -0.1) is 10.2 Å². The van der Waals surface area contributed by atoms with Crippen LogP contribution in [0.1, 0.15) is 41.0 Å². The number of nitrogens with zero attached hydrogens (tertiary/aromatic N) is 4. The van der Waals surface area contributed by atoms with E-state index in [0.29, 0.717) is 31.2 Å². The molecule has 2 aromatic heterocycles. The standard InChI is InChI=1S/C15H24N4O3S/c1-10(2)13-16-17-15-19(13)11(3)12(23-15)14(20)18(6-8-21-4)7-9-22-5/h10H,6-9H2,1-5H3. The van der Waals surface area contributed by atoms with Crippen molar-refractivity contribution in [2.45, 2.75) is 26.7 Å². The van der Waals surface area contributed by atoms with Gasteiger partial charge in [-0.3, -0.25) is 9.20 Å². The number of methoxy groups -OCH3 is 2. The van der Waals surface area contributed by atoms with Gasteiger partial charge in [0.2, 0.25) is 4.96 Å². The average Bonchev–Trinajstić information content (AvgIpc) is 3.07. The van der Waals surface area contributed by atoms with Crippen molar-refractivity contribution in [1.29, 1.82) is 0 Å². The third kappa shape index (κ3) is 3.70. The number of carbonyl (C=O) groups excluding carboxylic acids is 1. The van der Waals surface area contributed by atoms with Gasteiger partial charge in [0.05, 0.1) is 13.2 Å². The molecular formula is C15H24N4O3S. The number of hydrogen-bond donors (Lipinski definition) is 0. The van der Waals surface area contributed by atoms with E-state index in [1.54, 1.807) is 19.1 Å². The first kappa shape index (κ1) is 17.8. The van der Waals surface area contributed by atoms with Gasteiger partial charge in [0, 0.05) is 38.9 Å². The van der Waals surface area contributed by atoms with Gasteiger partial charge in [0.15, 0.2) is 0 Å². The fourth-order valence-electron chi connectivity index (χ4n) is 2.36. The first-order valence-corrected chi connectivity index (χ1v) is 8.44. The zero-order valence-corrected chi connectivity index (χ0v) is 15.1. The minimum absolute atomic E-state index is 0.0122. The number of fused-ring (bicyclic) bond motifs is 1. The van der Waals surface area contributed by atoms with Gasteiger partial charge in [-0.2, -0.15) is 0 Å². The molecule has 2 rings (SSSR count). The van der Waals surface area contributed by atoms with Crippen LogP contribution in [0.15, 0.2) is 0 Å². The van der Waals surface area contributed by atoms with E-state index in [1.165, 1.54) is 11.3 Å². The first-order valence-electron chi connectivity index (χ1n) is 7.62. The van der Waals surface area contributed by atoms with Crippen molar-refractivity contribution >= 4 is 22.2 Å². The molecule has 0 radical (unpaired) electrons. The molecule has 1 amide bonds. The van der Waals surface area contributed by atoms with Crippen LogP contribution in [0, 0.1) is 6.92 Å². The van der Waals surface area contributed by atoms with Gasteiger partial charge >= 0.3 is 0 Å². The molecule has 0 unspecified atom stereocenters. The van der Waals surface area contributed by atoms with Gasteiger partial charge in [0.25, 0.3) is 5.91 Å². The summed E-state index contributed by atoms with van der Waals surface area (Å²) >= 11 is 1.38. The van der Waals surface area contributed by atoms with E-state index in [9.17, 15) is 4.79 Å². The highest BCUT2D eigenvalue weighted by molar-refractivity contribution is 7.19. The van der Waals surface area contributed by atoms with Crippen molar-refractivity contribution in [1.82, 2.24) is 19.5 Å². The fraction of sp³-hybridized carbons (Fsp3) is 0.667. The van der Waals surface area contributed by atoms with E-state index in [1.807, 2.05) is 11.3 Å². The zero-order valence-electron chi connectivity index (χ0n) is 14.3. The summed E-state index contributed by atoms with van der Waals surface area (Å²) in [6.07, 6.45) is 0. The van der Waals surface area contributed by atoms with Gasteiger partial charge < -0.3 is 14.4 Å². The Labute approximate surface area is 140 Å². The third-order valence-electron chi connectivity index (χ3n) is 3.64. The molecule has 8 heteroatoms. The van der Waals surface area contributed by atoms with E-state index in [0.717, 1.165) is 16.5 Å². The SMILES string of the molecule is COCCN(CCOC)C(=O)c1sc2nnc(C(C)C)n2c1C. The van der Waals surface area contributed by atoms with Crippen LogP contribution in [0.5, 0.6) is 0 Å². The number of carbonyl (C=O) groups is 1. The molecule has 0 aliphatic heterocycles. The minimum Gasteiger partial charge on any atom is -0.383 e. The van der Waals surface area contributed by atoms with E-state index < -0.39 is 0 Å². The molecule has 0 fully saturated rings. The lowest BCUT2D eigenvalue weighted by Crippen LogP contribution is -2.36. The van der Waals surface area contributed by atoms with Crippen LogP contribution in [0.3, 0.4) is 0 Å². The lowest BCUT2D eigenvalue weighted by molar-refractivity contribution is 0.0631. The zero-order chi connectivity index (χ0) is 17.0. The van der Waals surface area contributed by atoms with Crippen molar-refractivity contribution < 1.29 is 14.3 Å². The van der Waals surface area contributed by atoms with Crippen molar-refractivity contribution in [2.75, 3.05) is 40.5 Å². The van der Waals surface area contributed by atoms with Crippen LogP contribution in [-0.2, 0) is 9.47 Å².